The van der Waals surface area contributed by atoms with E-state index in [1.54, 1.807) is 24.4 Å². The predicted molar refractivity (Wildman–Crippen MR) is 95.9 cm³/mol. The van der Waals surface area contributed by atoms with Crippen molar-refractivity contribution in [3.8, 4) is 5.88 Å². The Morgan fingerprint density at radius 3 is 2.58 bits per heavy atom. The highest BCUT2D eigenvalue weighted by molar-refractivity contribution is 5.80. The van der Waals surface area contributed by atoms with E-state index in [0.29, 0.717) is 11.4 Å². The molecule has 0 aliphatic heterocycles. The van der Waals surface area contributed by atoms with Gasteiger partial charge in [0.15, 0.2) is 0 Å². The molecule has 1 aliphatic carbocycles. The first-order valence-electron chi connectivity index (χ1n) is 8.71. The second kappa shape index (κ2) is 8.42. The number of ether oxygens (including phenoxy) is 1. The minimum absolute atomic E-state index is 0.0154. The van der Waals surface area contributed by atoms with Crippen molar-refractivity contribution >= 4 is 11.6 Å². The topological polar surface area (TPSA) is 94.4 Å². The smallest absolute Gasteiger partial charge is 0.273 e. The zero-order valence-corrected chi connectivity index (χ0v) is 14.3. The predicted octanol–water partition coefficient (Wildman–Crippen LogP) is 3.04. The van der Waals surface area contributed by atoms with Crippen LogP contribution in [0.4, 0.5) is 5.69 Å². The number of nitrogens with zero attached hydrogens (tertiary/aromatic N) is 2. The normalized spacial score (nSPS) is 19.5. The molecule has 1 fully saturated rings. The third-order valence-electron chi connectivity index (χ3n) is 4.50. The van der Waals surface area contributed by atoms with Gasteiger partial charge in [0.05, 0.1) is 11.3 Å². The molecule has 136 valence electrons. The van der Waals surface area contributed by atoms with Crippen molar-refractivity contribution in [2.75, 3.05) is 0 Å². The number of nitro benzene ring substituents is 1. The van der Waals surface area contributed by atoms with Crippen LogP contribution in [0.5, 0.6) is 5.88 Å². The Hall–Kier alpha value is -2.96. The maximum atomic E-state index is 12.3. The van der Waals surface area contributed by atoms with E-state index in [-0.39, 0.29) is 30.2 Å². The number of rotatable bonds is 6. The van der Waals surface area contributed by atoms with E-state index in [1.165, 1.54) is 6.07 Å². The Kier molecular flexibility index (Phi) is 5.78. The molecule has 3 rings (SSSR count). The summed E-state index contributed by atoms with van der Waals surface area (Å²) >= 11 is 0. The molecule has 0 spiro atoms. The average Bonchev–Trinajstić information content (AvgIpc) is 2.64. The molecule has 1 aromatic carbocycles. The monoisotopic (exact) mass is 355 g/mol. The fourth-order valence-electron chi connectivity index (χ4n) is 3.20. The minimum Gasteiger partial charge on any atom is -0.474 e. The van der Waals surface area contributed by atoms with Crippen LogP contribution in [-0.2, 0) is 11.2 Å². The summed E-state index contributed by atoms with van der Waals surface area (Å²) in [6.45, 7) is 0. The molecule has 0 atom stereocenters. The summed E-state index contributed by atoms with van der Waals surface area (Å²) < 4.78 is 5.85. The van der Waals surface area contributed by atoms with Gasteiger partial charge in [-0.1, -0.05) is 24.3 Å². The van der Waals surface area contributed by atoms with Crippen LogP contribution in [0.2, 0.25) is 0 Å². The third kappa shape index (κ3) is 4.78. The van der Waals surface area contributed by atoms with Crippen molar-refractivity contribution in [2.45, 2.75) is 44.2 Å². The second-order valence-corrected chi connectivity index (χ2v) is 6.39. The van der Waals surface area contributed by atoms with Crippen LogP contribution in [0.1, 0.15) is 31.2 Å². The number of nitro groups is 1. The van der Waals surface area contributed by atoms with Gasteiger partial charge in [0.25, 0.3) is 5.69 Å². The van der Waals surface area contributed by atoms with Gasteiger partial charge in [0.2, 0.25) is 11.8 Å². The number of carbonyl (C=O) groups is 1. The van der Waals surface area contributed by atoms with E-state index in [0.717, 1.165) is 25.7 Å². The van der Waals surface area contributed by atoms with E-state index >= 15 is 0 Å². The van der Waals surface area contributed by atoms with Gasteiger partial charge < -0.3 is 10.1 Å². The van der Waals surface area contributed by atoms with Gasteiger partial charge in [-0.15, -0.1) is 0 Å². The Bertz CT molecular complexity index is 758. The molecule has 7 nitrogen and oxygen atoms in total. The average molecular weight is 355 g/mol. The summed E-state index contributed by atoms with van der Waals surface area (Å²) in [5.41, 5.74) is 0.414. The van der Waals surface area contributed by atoms with Crippen LogP contribution in [0, 0.1) is 10.1 Å². The van der Waals surface area contributed by atoms with E-state index in [4.69, 9.17) is 4.74 Å². The summed E-state index contributed by atoms with van der Waals surface area (Å²) in [5, 5.41) is 14.0. The maximum absolute atomic E-state index is 12.3. The lowest BCUT2D eigenvalue weighted by atomic mass is 9.92. The van der Waals surface area contributed by atoms with E-state index in [2.05, 4.69) is 10.3 Å². The highest BCUT2D eigenvalue weighted by Crippen LogP contribution is 2.23. The highest BCUT2D eigenvalue weighted by atomic mass is 16.6. The molecular formula is C19H21N3O4. The number of hydrogen-bond donors (Lipinski definition) is 1. The van der Waals surface area contributed by atoms with Gasteiger partial charge in [0, 0.05) is 29.9 Å². The summed E-state index contributed by atoms with van der Waals surface area (Å²) in [5.74, 6) is 0.435. The lowest BCUT2D eigenvalue weighted by molar-refractivity contribution is -0.385. The highest BCUT2D eigenvalue weighted by Gasteiger charge is 2.24. The number of para-hydroxylation sites is 1. The van der Waals surface area contributed by atoms with Crippen LogP contribution in [0.15, 0.2) is 48.7 Å². The van der Waals surface area contributed by atoms with Crippen molar-refractivity contribution in [3.63, 3.8) is 0 Å². The summed E-state index contributed by atoms with van der Waals surface area (Å²) in [6, 6.07) is 12.0. The Labute approximate surface area is 151 Å². The summed E-state index contributed by atoms with van der Waals surface area (Å²) in [4.78, 5) is 27.0. The van der Waals surface area contributed by atoms with Gasteiger partial charge in [-0.05, 0) is 31.7 Å². The van der Waals surface area contributed by atoms with Gasteiger partial charge in [-0.25, -0.2) is 4.98 Å². The van der Waals surface area contributed by atoms with Crippen molar-refractivity contribution < 1.29 is 14.5 Å². The molecule has 2 aromatic rings. The first-order chi connectivity index (χ1) is 12.6. The molecule has 0 bridgehead atoms. The van der Waals surface area contributed by atoms with Gasteiger partial charge in [-0.2, -0.15) is 0 Å². The fourth-order valence-corrected chi connectivity index (χ4v) is 3.20. The summed E-state index contributed by atoms with van der Waals surface area (Å²) in [6.07, 6.45) is 5.14. The molecule has 1 aromatic heterocycles. The number of nitrogens with one attached hydrogen (secondary N) is 1. The number of hydrogen-bond acceptors (Lipinski definition) is 5. The van der Waals surface area contributed by atoms with Gasteiger partial charge in [0.1, 0.15) is 6.10 Å². The number of aromatic nitrogens is 1. The van der Waals surface area contributed by atoms with E-state index < -0.39 is 4.92 Å². The second-order valence-electron chi connectivity index (χ2n) is 6.39. The van der Waals surface area contributed by atoms with E-state index in [9.17, 15) is 14.9 Å². The van der Waals surface area contributed by atoms with Crippen molar-refractivity contribution in [3.05, 3.63) is 64.3 Å². The molecule has 0 radical (unpaired) electrons. The molecule has 7 heteroatoms. The molecule has 1 amide bonds. The van der Waals surface area contributed by atoms with Gasteiger partial charge >= 0.3 is 0 Å². The molecule has 1 saturated carbocycles. The lowest BCUT2D eigenvalue weighted by Gasteiger charge is -2.29. The first-order valence-corrected chi connectivity index (χ1v) is 8.71. The minimum atomic E-state index is -0.456. The molecule has 0 unspecified atom stereocenters. The molecular weight excluding hydrogens is 334 g/mol. The van der Waals surface area contributed by atoms with Crippen molar-refractivity contribution in [2.24, 2.45) is 0 Å². The van der Waals surface area contributed by atoms with Crippen LogP contribution < -0.4 is 10.1 Å². The quantitative estimate of drug-likeness (QED) is 0.635. The molecule has 0 saturated heterocycles. The van der Waals surface area contributed by atoms with Crippen LogP contribution in [0.3, 0.4) is 0 Å². The SMILES string of the molecule is O=C(Cc1ccccc1[N+](=O)[O-])NC1CCC(Oc2ccccn2)CC1. The molecule has 1 N–H and O–H groups in total. The zero-order valence-electron chi connectivity index (χ0n) is 14.3. The maximum Gasteiger partial charge on any atom is 0.273 e. The van der Waals surface area contributed by atoms with E-state index in [1.807, 2.05) is 18.2 Å². The number of amides is 1. The van der Waals surface area contributed by atoms with Crippen molar-refractivity contribution in [1.82, 2.24) is 10.3 Å². The van der Waals surface area contributed by atoms with Crippen LogP contribution in [0.25, 0.3) is 0 Å². The number of pyridine rings is 1. The molecule has 1 aliphatic rings. The summed E-state index contributed by atoms with van der Waals surface area (Å²) in [7, 11) is 0. The molecule has 26 heavy (non-hydrogen) atoms. The fraction of sp³-hybridized carbons (Fsp3) is 0.368. The molecule has 1 heterocycles. The Morgan fingerprint density at radius 1 is 1.15 bits per heavy atom. The standard InChI is InChI=1S/C19H21N3O4/c23-18(13-14-5-1-2-6-17(14)22(24)25)21-15-8-10-16(11-9-15)26-19-7-3-4-12-20-19/h1-7,12,15-16H,8-11,13H2,(H,21,23). The van der Waals surface area contributed by atoms with Crippen molar-refractivity contribution in [1.29, 1.82) is 0 Å². The van der Waals surface area contributed by atoms with Crippen LogP contribution >= 0.6 is 0 Å². The third-order valence-corrected chi connectivity index (χ3v) is 4.50. The van der Waals surface area contributed by atoms with Gasteiger partial charge in [-0.3, -0.25) is 14.9 Å². The zero-order chi connectivity index (χ0) is 18.4. The Balaban J connectivity index is 1.47. The Morgan fingerprint density at radius 2 is 1.88 bits per heavy atom. The lowest BCUT2D eigenvalue weighted by Crippen LogP contribution is -2.40. The van der Waals surface area contributed by atoms with Crippen LogP contribution in [-0.4, -0.2) is 28.0 Å². The number of carbonyl (C=O) groups excluding carboxylic acids is 1. The number of benzene rings is 1. The largest absolute Gasteiger partial charge is 0.474 e. The first kappa shape index (κ1) is 17.8.